The molecular weight excluding hydrogens is 443 g/mol. The number of likely N-dealkylation sites (N-methyl/N-ethyl adjacent to an activating group) is 1. The van der Waals surface area contributed by atoms with Gasteiger partial charge in [0.15, 0.2) is 5.96 Å². The Hall–Kier alpha value is -0.180. The highest BCUT2D eigenvalue weighted by Crippen LogP contribution is 2.19. The van der Waals surface area contributed by atoms with Gasteiger partial charge in [0.2, 0.25) is 0 Å². The molecule has 1 atom stereocenters. The maximum atomic E-state index is 5.93. The Morgan fingerprint density at radius 2 is 2.17 bits per heavy atom. The molecule has 0 radical (unpaired) electrons. The molecule has 0 amide bonds. The third-order valence-electron chi connectivity index (χ3n) is 3.87. The predicted molar refractivity (Wildman–Crippen MR) is 112 cm³/mol. The number of guanidine groups is 1. The van der Waals surface area contributed by atoms with Crippen LogP contribution in [0.5, 0.6) is 0 Å². The zero-order valence-corrected chi connectivity index (χ0v) is 17.4. The lowest BCUT2D eigenvalue weighted by Crippen LogP contribution is -2.36. The summed E-state index contributed by atoms with van der Waals surface area (Å²) in [7, 11) is 0. The number of halogens is 2. The molecule has 1 unspecified atom stereocenters. The molecule has 1 aliphatic rings. The number of hydrogen-bond acceptors (Lipinski definition) is 3. The molecule has 3 N–H and O–H groups in total. The third kappa shape index (κ3) is 7.49. The Morgan fingerprint density at radius 3 is 2.87 bits per heavy atom. The Bertz CT molecular complexity index is 483. The number of nitrogens with two attached hydrogens (primary N) is 1. The van der Waals surface area contributed by atoms with Crippen LogP contribution in [0.2, 0.25) is 5.02 Å². The third-order valence-corrected chi connectivity index (χ3v) is 5.13. The number of aliphatic imine (C=N–C) groups is 1. The second-order valence-electron chi connectivity index (χ2n) is 5.38. The fourth-order valence-electron chi connectivity index (χ4n) is 2.66. The number of likely N-dealkylation sites (tertiary alicyclic amines) is 1. The minimum atomic E-state index is 0. The highest BCUT2D eigenvalue weighted by molar-refractivity contribution is 14.0. The monoisotopic (exact) mass is 468 g/mol. The number of nitrogens with zero attached hydrogens (tertiary/aromatic N) is 2. The van der Waals surface area contributed by atoms with Crippen molar-refractivity contribution in [1.82, 2.24) is 10.2 Å². The summed E-state index contributed by atoms with van der Waals surface area (Å²) >= 11 is 7.65. The molecule has 7 heteroatoms. The van der Waals surface area contributed by atoms with Crippen molar-refractivity contribution in [3.8, 4) is 0 Å². The largest absolute Gasteiger partial charge is 0.370 e. The zero-order chi connectivity index (χ0) is 15.8. The summed E-state index contributed by atoms with van der Waals surface area (Å²) in [4.78, 5) is 8.17. The molecule has 4 nitrogen and oxygen atoms in total. The van der Waals surface area contributed by atoms with E-state index in [9.17, 15) is 0 Å². The van der Waals surface area contributed by atoms with Gasteiger partial charge in [-0.2, -0.15) is 0 Å². The van der Waals surface area contributed by atoms with E-state index in [0.29, 0.717) is 12.0 Å². The summed E-state index contributed by atoms with van der Waals surface area (Å²) in [6.07, 6.45) is 2.51. The Labute approximate surface area is 165 Å². The first-order chi connectivity index (χ1) is 10.7. The van der Waals surface area contributed by atoms with Gasteiger partial charge in [0.1, 0.15) is 0 Å². The molecule has 23 heavy (non-hydrogen) atoms. The van der Waals surface area contributed by atoms with Crippen LogP contribution in [-0.4, -0.2) is 48.8 Å². The van der Waals surface area contributed by atoms with E-state index >= 15 is 0 Å². The predicted octanol–water partition coefficient (Wildman–Crippen LogP) is 3.44. The van der Waals surface area contributed by atoms with Crippen LogP contribution in [0, 0.1) is 0 Å². The molecule has 2 rings (SSSR count). The average Bonchev–Trinajstić information content (AvgIpc) is 2.99. The van der Waals surface area contributed by atoms with Crippen molar-refractivity contribution in [2.75, 3.05) is 31.9 Å². The molecule has 1 heterocycles. The quantitative estimate of drug-likeness (QED) is 0.212. The maximum Gasteiger partial charge on any atom is 0.188 e. The van der Waals surface area contributed by atoms with Gasteiger partial charge < -0.3 is 11.1 Å². The average molecular weight is 469 g/mol. The molecule has 1 saturated heterocycles. The molecule has 0 spiro atoms. The number of rotatable bonds is 7. The highest BCUT2D eigenvalue weighted by atomic mass is 127. The summed E-state index contributed by atoms with van der Waals surface area (Å²) in [5.41, 5.74) is 5.93. The molecule has 0 saturated carbocycles. The summed E-state index contributed by atoms with van der Waals surface area (Å²) in [5.74, 6) is 1.50. The van der Waals surface area contributed by atoms with Crippen molar-refractivity contribution in [2.24, 2.45) is 10.7 Å². The van der Waals surface area contributed by atoms with Crippen molar-refractivity contribution in [3.05, 3.63) is 29.3 Å². The van der Waals surface area contributed by atoms with E-state index in [-0.39, 0.29) is 24.0 Å². The van der Waals surface area contributed by atoms with Gasteiger partial charge >= 0.3 is 0 Å². The standard InChI is InChI=1S/C16H25ClN4S.HI/c1-2-21-10-3-4-14(21)12-20-16(18)19-9-11-22-15-7-5-13(17)6-8-15;/h5-8,14H,2-4,9-12H2,1H3,(H3,18,19,20);1H. The van der Waals surface area contributed by atoms with Gasteiger partial charge in [0, 0.05) is 28.3 Å². The lowest BCUT2D eigenvalue weighted by molar-refractivity contribution is 0.273. The Balaban J connectivity index is 0.00000264. The van der Waals surface area contributed by atoms with Crippen LogP contribution in [0.1, 0.15) is 19.8 Å². The van der Waals surface area contributed by atoms with Gasteiger partial charge in [-0.1, -0.05) is 18.5 Å². The van der Waals surface area contributed by atoms with E-state index in [0.717, 1.165) is 30.4 Å². The second kappa shape index (κ2) is 11.4. The lowest BCUT2D eigenvalue weighted by atomic mass is 10.2. The fraction of sp³-hybridized carbons (Fsp3) is 0.562. The smallest absolute Gasteiger partial charge is 0.188 e. The summed E-state index contributed by atoms with van der Waals surface area (Å²) in [5, 5.41) is 3.95. The van der Waals surface area contributed by atoms with Crippen LogP contribution in [0.3, 0.4) is 0 Å². The zero-order valence-electron chi connectivity index (χ0n) is 13.5. The Kier molecular flexibility index (Phi) is 10.3. The first-order valence-electron chi connectivity index (χ1n) is 7.85. The second-order valence-corrected chi connectivity index (χ2v) is 6.98. The highest BCUT2D eigenvalue weighted by Gasteiger charge is 2.22. The van der Waals surface area contributed by atoms with E-state index in [4.69, 9.17) is 17.3 Å². The maximum absolute atomic E-state index is 5.93. The normalized spacial score (nSPS) is 18.7. The Morgan fingerprint density at radius 1 is 1.43 bits per heavy atom. The van der Waals surface area contributed by atoms with Crippen molar-refractivity contribution < 1.29 is 0 Å². The molecular formula is C16H26ClIN4S. The summed E-state index contributed by atoms with van der Waals surface area (Å²) < 4.78 is 0. The minimum Gasteiger partial charge on any atom is -0.370 e. The van der Waals surface area contributed by atoms with Gasteiger partial charge in [-0.15, -0.1) is 35.7 Å². The van der Waals surface area contributed by atoms with E-state index in [2.05, 4.69) is 22.1 Å². The molecule has 0 aromatic heterocycles. The SMILES string of the molecule is CCN1CCCC1CN=C(N)NCCSc1ccc(Cl)cc1.I. The van der Waals surface area contributed by atoms with Crippen LogP contribution in [0.15, 0.2) is 34.2 Å². The summed E-state index contributed by atoms with van der Waals surface area (Å²) in [6.45, 7) is 6.12. The van der Waals surface area contributed by atoms with Crippen molar-refractivity contribution in [3.63, 3.8) is 0 Å². The molecule has 1 aliphatic heterocycles. The number of hydrogen-bond donors (Lipinski definition) is 2. The van der Waals surface area contributed by atoms with Crippen molar-refractivity contribution in [1.29, 1.82) is 0 Å². The van der Waals surface area contributed by atoms with Crippen molar-refractivity contribution >= 4 is 53.3 Å². The number of thioether (sulfide) groups is 1. The van der Waals surface area contributed by atoms with Gasteiger partial charge in [0.05, 0.1) is 6.54 Å². The van der Waals surface area contributed by atoms with Crippen LogP contribution in [0.25, 0.3) is 0 Å². The first kappa shape index (κ1) is 20.9. The molecule has 0 aliphatic carbocycles. The summed E-state index contributed by atoms with van der Waals surface area (Å²) in [6, 6.07) is 8.45. The van der Waals surface area contributed by atoms with Crippen molar-refractivity contribution in [2.45, 2.75) is 30.7 Å². The number of nitrogens with one attached hydrogen (secondary N) is 1. The van der Waals surface area contributed by atoms with Gasteiger partial charge in [-0.25, -0.2) is 0 Å². The fourth-order valence-corrected chi connectivity index (χ4v) is 3.55. The van der Waals surface area contributed by atoms with Crippen LogP contribution in [0.4, 0.5) is 0 Å². The minimum absolute atomic E-state index is 0. The van der Waals surface area contributed by atoms with E-state index in [1.54, 1.807) is 11.8 Å². The molecule has 1 fully saturated rings. The lowest BCUT2D eigenvalue weighted by Gasteiger charge is -2.20. The van der Waals surface area contributed by atoms with Gasteiger partial charge in [-0.3, -0.25) is 9.89 Å². The van der Waals surface area contributed by atoms with E-state index in [1.807, 2.05) is 24.3 Å². The van der Waals surface area contributed by atoms with Crippen LogP contribution in [-0.2, 0) is 0 Å². The van der Waals surface area contributed by atoms with Crippen LogP contribution < -0.4 is 11.1 Å². The first-order valence-corrected chi connectivity index (χ1v) is 9.21. The molecule has 1 aromatic carbocycles. The van der Waals surface area contributed by atoms with E-state index < -0.39 is 0 Å². The molecule has 1 aromatic rings. The van der Waals surface area contributed by atoms with Gasteiger partial charge in [0.25, 0.3) is 0 Å². The van der Waals surface area contributed by atoms with E-state index in [1.165, 1.54) is 24.3 Å². The number of benzene rings is 1. The molecule has 0 bridgehead atoms. The van der Waals surface area contributed by atoms with Crippen LogP contribution >= 0.6 is 47.3 Å². The topological polar surface area (TPSA) is 53.6 Å². The molecule has 130 valence electrons. The van der Waals surface area contributed by atoms with Gasteiger partial charge in [-0.05, 0) is 50.2 Å².